The monoisotopic (exact) mass is 464 g/mol. The minimum absolute atomic E-state index is 0.0167. The van der Waals surface area contributed by atoms with Gasteiger partial charge in [-0.1, -0.05) is 29.4 Å². The molecule has 0 fully saturated rings. The summed E-state index contributed by atoms with van der Waals surface area (Å²) < 4.78 is 18.7. The Morgan fingerprint density at radius 3 is 2.79 bits per heavy atom. The summed E-state index contributed by atoms with van der Waals surface area (Å²) in [4.78, 5) is 15.7. The summed E-state index contributed by atoms with van der Waals surface area (Å²) in [7, 11) is 1.81. The largest absolute Gasteiger partial charge is 0.360 e. The molecule has 1 amide bonds. The number of rotatable bonds is 9. The number of carbonyl (C=O) groups is 1. The van der Waals surface area contributed by atoms with E-state index in [1.807, 2.05) is 56.4 Å². The number of halogens is 1. The second-order valence-electron chi connectivity index (χ2n) is 7.84. The first-order valence-corrected chi connectivity index (χ1v) is 11.7. The molecule has 0 aliphatic rings. The van der Waals surface area contributed by atoms with Crippen molar-refractivity contribution in [3.05, 3.63) is 89.2 Å². The molecular formula is C25H25FN4O2S. The molecule has 33 heavy (non-hydrogen) atoms. The lowest BCUT2D eigenvalue weighted by molar-refractivity contribution is 0.0790. The van der Waals surface area contributed by atoms with Crippen LogP contribution >= 0.6 is 11.8 Å². The molecule has 1 N–H and O–H groups in total. The highest BCUT2D eigenvalue weighted by Crippen LogP contribution is 2.27. The van der Waals surface area contributed by atoms with E-state index < -0.39 is 0 Å². The van der Waals surface area contributed by atoms with Crippen molar-refractivity contribution in [1.82, 2.24) is 20.3 Å². The summed E-state index contributed by atoms with van der Waals surface area (Å²) in [6, 6.07) is 17.8. The Labute approximate surface area is 196 Å². The van der Waals surface area contributed by atoms with Crippen LogP contribution in [-0.4, -0.2) is 39.8 Å². The molecule has 0 aliphatic heterocycles. The van der Waals surface area contributed by atoms with Crippen LogP contribution in [0.1, 0.15) is 33.9 Å². The maximum absolute atomic E-state index is 13.4. The molecule has 0 aliphatic carbocycles. The molecule has 4 rings (SSSR count). The smallest absolute Gasteiger partial charge is 0.254 e. The van der Waals surface area contributed by atoms with Crippen LogP contribution in [0.15, 0.2) is 70.1 Å². The Kier molecular flexibility index (Phi) is 7.24. The summed E-state index contributed by atoms with van der Waals surface area (Å²) in [5, 5.41) is 11.2. The third-order valence-electron chi connectivity index (χ3n) is 5.20. The predicted molar refractivity (Wildman–Crippen MR) is 127 cm³/mol. The Balaban J connectivity index is 1.32. The number of nitrogens with one attached hydrogen (secondary N) is 1. The van der Waals surface area contributed by atoms with Gasteiger partial charge in [-0.3, -0.25) is 9.89 Å². The predicted octanol–water partition coefficient (Wildman–Crippen LogP) is 5.51. The van der Waals surface area contributed by atoms with E-state index in [0.29, 0.717) is 23.6 Å². The lowest BCUT2D eigenvalue weighted by Gasteiger charge is -2.18. The van der Waals surface area contributed by atoms with Gasteiger partial charge >= 0.3 is 0 Å². The van der Waals surface area contributed by atoms with Crippen LogP contribution in [0.5, 0.6) is 0 Å². The van der Waals surface area contributed by atoms with Crippen LogP contribution in [0.3, 0.4) is 0 Å². The van der Waals surface area contributed by atoms with E-state index in [9.17, 15) is 9.18 Å². The molecule has 4 aromatic rings. The molecule has 2 heterocycles. The summed E-state index contributed by atoms with van der Waals surface area (Å²) in [5.41, 5.74) is 3.92. The SMILES string of the molecule is Cc1cc(CSc2ccccc2C(=O)N(C)CCCc2cc(-c3cccc(F)c3)n[nH]2)on1. The number of carbonyl (C=O) groups excluding carboxylic acids is 1. The van der Waals surface area contributed by atoms with E-state index in [1.165, 1.54) is 12.1 Å². The molecule has 0 unspecified atom stereocenters. The van der Waals surface area contributed by atoms with Gasteiger partial charge in [0.05, 0.1) is 22.7 Å². The third kappa shape index (κ3) is 5.90. The van der Waals surface area contributed by atoms with Gasteiger partial charge in [-0.25, -0.2) is 4.39 Å². The van der Waals surface area contributed by atoms with Gasteiger partial charge < -0.3 is 9.42 Å². The molecular weight excluding hydrogens is 439 g/mol. The normalized spacial score (nSPS) is 11.0. The number of thioether (sulfide) groups is 1. The van der Waals surface area contributed by atoms with E-state index in [4.69, 9.17) is 4.52 Å². The van der Waals surface area contributed by atoms with Crippen molar-refractivity contribution >= 4 is 17.7 Å². The van der Waals surface area contributed by atoms with Gasteiger partial charge in [-0.05, 0) is 50.1 Å². The number of aryl methyl sites for hydroxylation is 2. The van der Waals surface area contributed by atoms with Gasteiger partial charge in [0.2, 0.25) is 0 Å². The fraction of sp³-hybridized carbons (Fsp3) is 0.240. The summed E-state index contributed by atoms with van der Waals surface area (Å²) in [6.07, 6.45) is 1.51. The van der Waals surface area contributed by atoms with Gasteiger partial charge in [0.1, 0.15) is 11.6 Å². The second kappa shape index (κ2) is 10.5. The number of aromatic amines is 1. The Bertz CT molecular complexity index is 1240. The van der Waals surface area contributed by atoms with Crippen molar-refractivity contribution < 1.29 is 13.7 Å². The highest BCUT2D eigenvalue weighted by Gasteiger charge is 2.16. The fourth-order valence-electron chi connectivity index (χ4n) is 3.50. The number of hydrogen-bond acceptors (Lipinski definition) is 5. The number of aromatic nitrogens is 3. The summed E-state index contributed by atoms with van der Waals surface area (Å²) in [5.74, 6) is 1.09. The molecule has 8 heteroatoms. The fourth-order valence-corrected chi connectivity index (χ4v) is 4.42. The Morgan fingerprint density at radius 1 is 1.15 bits per heavy atom. The van der Waals surface area contributed by atoms with Crippen LogP contribution in [0.25, 0.3) is 11.3 Å². The van der Waals surface area contributed by atoms with Crippen LogP contribution in [0.4, 0.5) is 4.39 Å². The standard InChI is InChI=1S/C25H25FN4O2S/c1-17-13-21(32-29-17)16-33-24-11-4-3-10-22(24)25(31)30(2)12-6-9-20-15-23(28-27-20)18-7-5-8-19(26)14-18/h3-5,7-8,10-11,13-15H,6,9,12,16H2,1-2H3,(H,27,28). The second-order valence-corrected chi connectivity index (χ2v) is 8.86. The molecule has 2 aromatic heterocycles. The van der Waals surface area contributed by atoms with Gasteiger partial charge in [-0.15, -0.1) is 11.8 Å². The van der Waals surface area contributed by atoms with Crippen LogP contribution in [0, 0.1) is 12.7 Å². The maximum Gasteiger partial charge on any atom is 0.254 e. The summed E-state index contributed by atoms with van der Waals surface area (Å²) in [6.45, 7) is 2.49. The molecule has 0 saturated heterocycles. The maximum atomic E-state index is 13.4. The van der Waals surface area contributed by atoms with Crippen LogP contribution in [0.2, 0.25) is 0 Å². The highest BCUT2D eigenvalue weighted by molar-refractivity contribution is 7.98. The zero-order valence-electron chi connectivity index (χ0n) is 18.5. The zero-order valence-corrected chi connectivity index (χ0v) is 19.4. The Morgan fingerprint density at radius 2 is 2.00 bits per heavy atom. The summed E-state index contributed by atoms with van der Waals surface area (Å²) >= 11 is 1.56. The van der Waals surface area contributed by atoms with E-state index >= 15 is 0 Å². The average Bonchev–Trinajstić information content (AvgIpc) is 3.46. The quantitative estimate of drug-likeness (QED) is 0.331. The van der Waals surface area contributed by atoms with Crippen molar-refractivity contribution in [3.63, 3.8) is 0 Å². The molecule has 0 atom stereocenters. The molecule has 0 radical (unpaired) electrons. The molecule has 2 aromatic carbocycles. The number of nitrogens with zero attached hydrogens (tertiary/aromatic N) is 3. The average molecular weight is 465 g/mol. The molecule has 6 nitrogen and oxygen atoms in total. The minimum atomic E-state index is -0.286. The van der Waals surface area contributed by atoms with Gasteiger partial charge in [0, 0.05) is 35.8 Å². The number of hydrogen-bond donors (Lipinski definition) is 1. The molecule has 0 saturated carbocycles. The zero-order chi connectivity index (χ0) is 23.2. The van der Waals surface area contributed by atoms with Crippen molar-refractivity contribution in [2.45, 2.75) is 30.4 Å². The van der Waals surface area contributed by atoms with Crippen molar-refractivity contribution in [3.8, 4) is 11.3 Å². The lowest BCUT2D eigenvalue weighted by atomic mass is 10.1. The highest BCUT2D eigenvalue weighted by atomic mass is 32.2. The molecule has 0 bridgehead atoms. The van der Waals surface area contributed by atoms with E-state index in [2.05, 4.69) is 15.4 Å². The lowest BCUT2D eigenvalue weighted by Crippen LogP contribution is -2.28. The van der Waals surface area contributed by atoms with Crippen molar-refractivity contribution in [2.24, 2.45) is 0 Å². The van der Waals surface area contributed by atoms with Crippen LogP contribution < -0.4 is 0 Å². The topological polar surface area (TPSA) is 75.0 Å². The number of H-pyrrole nitrogens is 1. The van der Waals surface area contributed by atoms with E-state index in [1.54, 1.807) is 22.7 Å². The number of amides is 1. The minimum Gasteiger partial charge on any atom is -0.360 e. The van der Waals surface area contributed by atoms with Crippen molar-refractivity contribution in [2.75, 3.05) is 13.6 Å². The first kappa shape index (κ1) is 22.8. The molecule has 170 valence electrons. The van der Waals surface area contributed by atoms with Gasteiger partial charge in [-0.2, -0.15) is 5.10 Å². The first-order chi connectivity index (χ1) is 16.0. The Hall–Kier alpha value is -3.39. The molecule has 0 spiro atoms. The van der Waals surface area contributed by atoms with E-state index in [-0.39, 0.29) is 11.7 Å². The van der Waals surface area contributed by atoms with Crippen molar-refractivity contribution in [1.29, 1.82) is 0 Å². The number of benzene rings is 2. The third-order valence-corrected chi connectivity index (χ3v) is 6.30. The first-order valence-electron chi connectivity index (χ1n) is 10.7. The van der Waals surface area contributed by atoms with Gasteiger partial charge in [0.25, 0.3) is 5.91 Å². The van der Waals surface area contributed by atoms with E-state index in [0.717, 1.165) is 40.4 Å². The van der Waals surface area contributed by atoms with Crippen LogP contribution in [-0.2, 0) is 12.2 Å². The van der Waals surface area contributed by atoms with Gasteiger partial charge in [0.15, 0.2) is 0 Å².